The van der Waals surface area contributed by atoms with Crippen LogP contribution in [0.15, 0.2) is 11.4 Å². The number of anilines is 1. The average Bonchev–Trinajstić information content (AvgIpc) is 3.22. The highest BCUT2D eigenvalue weighted by atomic mass is 32.1. The van der Waals surface area contributed by atoms with Crippen molar-refractivity contribution in [2.45, 2.75) is 25.1 Å². The summed E-state index contributed by atoms with van der Waals surface area (Å²) in [5.74, 6) is -0.336. The lowest BCUT2D eigenvalue weighted by atomic mass is 9.73. The van der Waals surface area contributed by atoms with Crippen LogP contribution in [0.3, 0.4) is 0 Å². The van der Waals surface area contributed by atoms with Crippen LogP contribution in [0.4, 0.5) is 23.8 Å². The molecule has 3 fully saturated rings. The van der Waals surface area contributed by atoms with Crippen LogP contribution in [0.5, 0.6) is 0 Å². The van der Waals surface area contributed by atoms with Crippen LogP contribution in [0.2, 0.25) is 0 Å². The molecule has 3 saturated heterocycles. The molecule has 0 aliphatic carbocycles. The predicted octanol–water partition coefficient (Wildman–Crippen LogP) is 2.92. The van der Waals surface area contributed by atoms with E-state index in [2.05, 4.69) is 16.4 Å². The first-order chi connectivity index (χ1) is 17.1. The molecule has 2 aromatic rings. The van der Waals surface area contributed by atoms with Crippen LogP contribution < -0.4 is 10.2 Å². The molecule has 36 heavy (non-hydrogen) atoms. The second-order valence-corrected chi connectivity index (χ2v) is 10.5. The maximum absolute atomic E-state index is 13.8. The summed E-state index contributed by atoms with van der Waals surface area (Å²) in [6, 6.07) is 3.16. The lowest BCUT2D eigenvalue weighted by Gasteiger charge is -2.59. The number of nitrogens with zero attached hydrogens (tertiary/aromatic N) is 5. The second-order valence-electron chi connectivity index (χ2n) is 9.66. The van der Waals surface area contributed by atoms with Gasteiger partial charge in [-0.05, 0) is 6.07 Å². The fourth-order valence-corrected chi connectivity index (χ4v) is 6.31. The number of piperidine rings is 1. The van der Waals surface area contributed by atoms with E-state index in [0.29, 0.717) is 45.6 Å². The molecule has 0 atom stereocenters. The minimum absolute atomic E-state index is 0.0359. The first kappa shape index (κ1) is 24.6. The summed E-state index contributed by atoms with van der Waals surface area (Å²) >= 11 is 0.851. The highest BCUT2D eigenvalue weighted by molar-refractivity contribution is 7.17. The monoisotopic (exact) mass is 522 g/mol. The summed E-state index contributed by atoms with van der Waals surface area (Å²) in [7, 11) is 1.42. The third-order valence-corrected chi connectivity index (χ3v) is 8.05. The molecule has 192 valence electrons. The Bertz CT molecular complexity index is 1220. The van der Waals surface area contributed by atoms with E-state index in [0.717, 1.165) is 30.5 Å². The van der Waals surface area contributed by atoms with Gasteiger partial charge in [-0.3, -0.25) is 9.69 Å². The van der Waals surface area contributed by atoms with Gasteiger partial charge >= 0.3 is 12.3 Å². The summed E-state index contributed by atoms with van der Waals surface area (Å²) in [5, 5.41) is 12.6. The molecule has 3 aliphatic rings. The summed E-state index contributed by atoms with van der Waals surface area (Å²) < 4.78 is 47.0. The predicted molar refractivity (Wildman–Crippen MR) is 126 cm³/mol. The molecule has 1 N–H and O–H groups in total. The Hall–Kier alpha value is -3.11. The maximum Gasteiger partial charge on any atom is 0.417 e. The van der Waals surface area contributed by atoms with E-state index in [1.54, 1.807) is 9.80 Å². The number of likely N-dealkylation sites (tertiary alicyclic amines) is 2. The summed E-state index contributed by atoms with van der Waals surface area (Å²) in [6.45, 7) is 4.00. The normalized spacial score (nSPS) is 20.1. The van der Waals surface area contributed by atoms with Crippen LogP contribution in [0, 0.1) is 16.7 Å². The maximum atomic E-state index is 13.8. The third-order valence-electron chi connectivity index (χ3n) is 7.04. The van der Waals surface area contributed by atoms with E-state index in [-0.39, 0.29) is 39.2 Å². The highest BCUT2D eigenvalue weighted by Gasteiger charge is 2.53. The molecule has 9 nitrogen and oxygen atoms in total. The quantitative estimate of drug-likeness (QED) is 0.616. The van der Waals surface area contributed by atoms with Gasteiger partial charge in [0.2, 0.25) is 0 Å². The molecule has 1 spiro atoms. The lowest BCUT2D eigenvalue weighted by molar-refractivity contribution is -0.136. The molecule has 2 aromatic heterocycles. The van der Waals surface area contributed by atoms with Gasteiger partial charge in [-0.1, -0.05) is 0 Å². The van der Waals surface area contributed by atoms with Gasteiger partial charge in [0.25, 0.3) is 5.91 Å². The van der Waals surface area contributed by atoms with Crippen molar-refractivity contribution in [3.05, 3.63) is 22.6 Å². The van der Waals surface area contributed by atoms with Gasteiger partial charge in [0.15, 0.2) is 0 Å². The molecule has 13 heteroatoms. The molecule has 0 aromatic carbocycles. The van der Waals surface area contributed by atoms with Crippen molar-refractivity contribution in [1.29, 1.82) is 5.26 Å². The first-order valence-corrected chi connectivity index (χ1v) is 12.5. The molecule has 0 unspecified atom stereocenters. The van der Waals surface area contributed by atoms with Crippen LogP contribution in [-0.4, -0.2) is 85.7 Å². The lowest BCUT2D eigenvalue weighted by Crippen LogP contribution is -2.72. The number of amides is 2. The fraction of sp³-hybridized carbons (Fsp3) is 0.565. The Morgan fingerprint density at radius 1 is 1.28 bits per heavy atom. The van der Waals surface area contributed by atoms with Crippen LogP contribution in [0.1, 0.15) is 28.8 Å². The van der Waals surface area contributed by atoms with Gasteiger partial charge in [-0.25, -0.2) is 9.78 Å². The third kappa shape index (κ3) is 4.43. The number of alkyl halides is 3. The fourth-order valence-electron chi connectivity index (χ4n) is 5.29. The number of pyridine rings is 1. The van der Waals surface area contributed by atoms with Crippen molar-refractivity contribution in [1.82, 2.24) is 20.1 Å². The number of aromatic nitrogens is 1. The summed E-state index contributed by atoms with van der Waals surface area (Å²) in [6.07, 6.45) is -4.35. The van der Waals surface area contributed by atoms with Crippen LogP contribution >= 0.6 is 11.3 Å². The van der Waals surface area contributed by atoms with Gasteiger partial charge in [0, 0.05) is 70.0 Å². The number of fused-ring (bicyclic) bond motifs is 1. The summed E-state index contributed by atoms with van der Waals surface area (Å²) in [4.78, 5) is 34.6. The number of nitriles is 1. The zero-order valence-electron chi connectivity index (χ0n) is 19.6. The number of halogens is 3. The standard InChI is InChI=1S/C23H25F3N6O3S/c1-28-20(33)15-9-36-19-16(23(24,25)26)8-17(29-18(15)19)31-5-2-14(3-6-31)35-21(34)32-12-22(13-32)10-30(11-22)7-4-27/h8-9,14H,2-3,5-7,10-13H2,1H3,(H,28,33). The number of nitrogens with one attached hydrogen (secondary N) is 1. The Morgan fingerprint density at radius 2 is 1.97 bits per heavy atom. The van der Waals surface area contributed by atoms with Crippen molar-refractivity contribution in [3.63, 3.8) is 0 Å². The van der Waals surface area contributed by atoms with Gasteiger partial charge < -0.3 is 19.9 Å². The SMILES string of the molecule is CNC(=O)c1csc2c(C(F)(F)F)cc(N3CCC(OC(=O)N4CC5(CN(CC#N)C5)C4)CC3)nc12. The molecule has 2 amide bonds. The zero-order chi connectivity index (χ0) is 25.7. The smallest absolute Gasteiger partial charge is 0.417 e. The van der Waals surface area contributed by atoms with Gasteiger partial charge in [0.1, 0.15) is 11.9 Å². The molecule has 0 bridgehead atoms. The minimum Gasteiger partial charge on any atom is -0.446 e. The number of carbonyl (C=O) groups excluding carboxylic acids is 2. The number of hydrogen-bond acceptors (Lipinski definition) is 8. The molecule has 5 heterocycles. The molecule has 0 radical (unpaired) electrons. The summed E-state index contributed by atoms with van der Waals surface area (Å²) in [5.41, 5.74) is -0.584. The minimum atomic E-state index is -4.59. The Balaban J connectivity index is 1.21. The van der Waals surface area contributed by atoms with Gasteiger partial charge in [0.05, 0.1) is 34.0 Å². The van der Waals surface area contributed by atoms with Crippen LogP contribution in [0.25, 0.3) is 10.2 Å². The number of thiophene rings is 1. The Morgan fingerprint density at radius 3 is 2.58 bits per heavy atom. The number of ether oxygens (including phenoxy) is 1. The van der Waals surface area contributed by atoms with Crippen molar-refractivity contribution in [2.75, 3.05) is 57.8 Å². The molecule has 3 aliphatic heterocycles. The van der Waals surface area contributed by atoms with Gasteiger partial charge in [-0.2, -0.15) is 18.4 Å². The average molecular weight is 523 g/mol. The molecule has 5 rings (SSSR count). The highest BCUT2D eigenvalue weighted by Crippen LogP contribution is 2.41. The Kier molecular flexibility index (Phi) is 6.20. The van der Waals surface area contributed by atoms with Crippen molar-refractivity contribution < 1.29 is 27.5 Å². The molecular formula is C23H25F3N6O3S. The topological polar surface area (TPSA) is 102 Å². The van der Waals surface area contributed by atoms with E-state index in [4.69, 9.17) is 10.00 Å². The second kappa shape index (κ2) is 9.08. The molecule has 0 saturated carbocycles. The van der Waals surface area contributed by atoms with E-state index in [1.165, 1.54) is 12.4 Å². The van der Waals surface area contributed by atoms with E-state index < -0.39 is 17.6 Å². The number of rotatable bonds is 4. The van der Waals surface area contributed by atoms with E-state index in [9.17, 15) is 22.8 Å². The number of hydrogen-bond donors (Lipinski definition) is 1. The Labute approximate surface area is 209 Å². The molecular weight excluding hydrogens is 497 g/mol. The first-order valence-electron chi connectivity index (χ1n) is 11.6. The van der Waals surface area contributed by atoms with Crippen LogP contribution in [-0.2, 0) is 10.9 Å². The zero-order valence-corrected chi connectivity index (χ0v) is 20.4. The van der Waals surface area contributed by atoms with Crippen molar-refractivity contribution in [2.24, 2.45) is 5.41 Å². The van der Waals surface area contributed by atoms with E-state index in [1.807, 2.05) is 4.90 Å². The van der Waals surface area contributed by atoms with Crippen molar-refractivity contribution >= 4 is 39.4 Å². The van der Waals surface area contributed by atoms with E-state index >= 15 is 0 Å². The van der Waals surface area contributed by atoms with Gasteiger partial charge in [-0.15, -0.1) is 11.3 Å². The van der Waals surface area contributed by atoms with Crippen molar-refractivity contribution in [3.8, 4) is 6.07 Å². The largest absolute Gasteiger partial charge is 0.446 e. The number of carbonyl (C=O) groups is 2.